The summed E-state index contributed by atoms with van der Waals surface area (Å²) in [6, 6.07) is 19.7. The standard InChI is InChI=1S/C32H30F2N4O3/c33-23-5-1-20(2-6-23)28-16-24(7-9-30(28)41-26-12-14-36-19-26)38-32(39)21-3-8-29(40-25-11-13-35-18-25)27(15-21)22-4-10-31(34)37-17-22/h1-10,15-17,25-26,35-36H,11-14,18-19H2,(H,38,39). The Bertz CT molecular complexity index is 1520. The molecule has 1 amide bonds. The van der Waals surface area contributed by atoms with Crippen molar-refractivity contribution in [1.82, 2.24) is 15.6 Å². The van der Waals surface area contributed by atoms with Gasteiger partial charge in [0.2, 0.25) is 5.95 Å². The van der Waals surface area contributed by atoms with Gasteiger partial charge in [-0.2, -0.15) is 4.39 Å². The molecule has 3 heterocycles. The molecule has 2 saturated heterocycles. The van der Waals surface area contributed by atoms with E-state index in [1.165, 1.54) is 24.4 Å². The maximum Gasteiger partial charge on any atom is 0.255 e. The summed E-state index contributed by atoms with van der Waals surface area (Å²) in [6.07, 6.45) is 3.24. The molecule has 9 heteroatoms. The van der Waals surface area contributed by atoms with Gasteiger partial charge in [-0.1, -0.05) is 12.1 Å². The SMILES string of the molecule is O=C(Nc1ccc(OC2CCNC2)c(-c2ccc(F)cc2)c1)c1ccc(OC2CCNC2)c(-c2ccc(F)nc2)c1. The van der Waals surface area contributed by atoms with Gasteiger partial charge in [0, 0.05) is 47.2 Å². The fourth-order valence-corrected chi connectivity index (χ4v) is 5.12. The molecule has 0 radical (unpaired) electrons. The number of pyridine rings is 1. The van der Waals surface area contributed by atoms with E-state index in [2.05, 4.69) is 20.9 Å². The molecule has 3 N–H and O–H groups in total. The fourth-order valence-electron chi connectivity index (χ4n) is 5.12. The van der Waals surface area contributed by atoms with Crippen LogP contribution in [0.1, 0.15) is 23.2 Å². The Labute approximate surface area is 236 Å². The van der Waals surface area contributed by atoms with Gasteiger partial charge in [0.15, 0.2) is 0 Å². The predicted molar refractivity (Wildman–Crippen MR) is 153 cm³/mol. The van der Waals surface area contributed by atoms with Crippen molar-refractivity contribution in [3.8, 4) is 33.8 Å². The normalized spacial score (nSPS) is 18.3. The largest absolute Gasteiger partial charge is 0.488 e. The lowest BCUT2D eigenvalue weighted by Gasteiger charge is -2.18. The second kappa shape index (κ2) is 12.0. The van der Waals surface area contributed by atoms with Crippen LogP contribution in [0.4, 0.5) is 14.5 Å². The molecule has 210 valence electrons. The number of amides is 1. The summed E-state index contributed by atoms with van der Waals surface area (Å²) in [5.74, 6) is 0.0275. The molecule has 7 nitrogen and oxygen atoms in total. The van der Waals surface area contributed by atoms with Crippen molar-refractivity contribution >= 4 is 11.6 Å². The third kappa shape index (κ3) is 6.37. The lowest BCUT2D eigenvalue weighted by Crippen LogP contribution is -2.20. The molecule has 3 aromatic carbocycles. The number of aromatic nitrogens is 1. The lowest BCUT2D eigenvalue weighted by atomic mass is 10.0. The molecule has 2 unspecified atom stereocenters. The lowest BCUT2D eigenvalue weighted by molar-refractivity contribution is 0.102. The van der Waals surface area contributed by atoms with Gasteiger partial charge in [0.25, 0.3) is 5.91 Å². The number of anilines is 1. The highest BCUT2D eigenvalue weighted by atomic mass is 19.1. The van der Waals surface area contributed by atoms with E-state index in [4.69, 9.17) is 9.47 Å². The quantitative estimate of drug-likeness (QED) is 0.251. The van der Waals surface area contributed by atoms with E-state index in [-0.39, 0.29) is 23.9 Å². The number of halogens is 2. The third-order valence-electron chi connectivity index (χ3n) is 7.29. The topological polar surface area (TPSA) is 84.5 Å². The predicted octanol–water partition coefficient (Wildman–Crippen LogP) is 5.43. The fraction of sp³-hybridized carbons (Fsp3) is 0.250. The molecule has 4 aromatic rings. The van der Waals surface area contributed by atoms with Crippen molar-refractivity contribution < 1.29 is 23.0 Å². The second-order valence-electron chi connectivity index (χ2n) is 10.2. The molecule has 2 aliphatic heterocycles. The summed E-state index contributed by atoms with van der Waals surface area (Å²) in [5, 5.41) is 9.54. The van der Waals surface area contributed by atoms with Crippen LogP contribution in [0.25, 0.3) is 22.3 Å². The van der Waals surface area contributed by atoms with Gasteiger partial charge < -0.3 is 25.4 Å². The number of carbonyl (C=O) groups is 1. The first-order chi connectivity index (χ1) is 20.0. The Kier molecular flexibility index (Phi) is 7.89. The third-order valence-corrected chi connectivity index (χ3v) is 7.29. The number of carbonyl (C=O) groups excluding carboxylic acids is 1. The zero-order valence-corrected chi connectivity index (χ0v) is 22.3. The monoisotopic (exact) mass is 556 g/mol. The summed E-state index contributed by atoms with van der Waals surface area (Å²) in [6.45, 7) is 3.25. The highest BCUT2D eigenvalue weighted by Gasteiger charge is 2.21. The molecular weight excluding hydrogens is 526 g/mol. The van der Waals surface area contributed by atoms with E-state index < -0.39 is 5.95 Å². The van der Waals surface area contributed by atoms with Gasteiger partial charge in [-0.05, 0) is 92.2 Å². The van der Waals surface area contributed by atoms with Crippen LogP contribution in [0.2, 0.25) is 0 Å². The number of rotatable bonds is 8. The van der Waals surface area contributed by atoms with Crippen LogP contribution in [-0.2, 0) is 0 Å². The van der Waals surface area contributed by atoms with E-state index >= 15 is 0 Å². The van der Waals surface area contributed by atoms with Crippen LogP contribution >= 0.6 is 0 Å². The Morgan fingerprint density at radius 3 is 2.02 bits per heavy atom. The van der Waals surface area contributed by atoms with Gasteiger partial charge in [-0.25, -0.2) is 9.37 Å². The number of hydrogen-bond donors (Lipinski definition) is 3. The first-order valence-corrected chi connectivity index (χ1v) is 13.7. The summed E-state index contributed by atoms with van der Waals surface area (Å²) in [4.78, 5) is 17.2. The van der Waals surface area contributed by atoms with Crippen LogP contribution in [0.15, 0.2) is 79.0 Å². The molecule has 2 atom stereocenters. The second-order valence-corrected chi connectivity index (χ2v) is 10.2. The molecule has 2 fully saturated rings. The van der Waals surface area contributed by atoms with Crippen molar-refractivity contribution in [3.63, 3.8) is 0 Å². The molecule has 0 saturated carbocycles. The number of ether oxygens (including phenoxy) is 2. The Morgan fingerprint density at radius 2 is 1.41 bits per heavy atom. The average Bonchev–Trinajstić information content (AvgIpc) is 3.70. The van der Waals surface area contributed by atoms with Crippen molar-refractivity contribution in [2.45, 2.75) is 25.0 Å². The zero-order valence-electron chi connectivity index (χ0n) is 22.3. The Morgan fingerprint density at radius 1 is 0.780 bits per heavy atom. The maximum absolute atomic E-state index is 13.7. The van der Waals surface area contributed by atoms with Gasteiger partial charge in [-0.3, -0.25) is 4.79 Å². The summed E-state index contributed by atoms with van der Waals surface area (Å²) < 4.78 is 39.7. The average molecular weight is 557 g/mol. The van der Waals surface area contributed by atoms with Gasteiger partial charge in [-0.15, -0.1) is 0 Å². The number of hydrogen-bond acceptors (Lipinski definition) is 6. The summed E-state index contributed by atoms with van der Waals surface area (Å²) in [5.41, 5.74) is 3.79. The first kappa shape index (κ1) is 26.9. The highest BCUT2D eigenvalue weighted by Crippen LogP contribution is 2.35. The molecule has 0 bridgehead atoms. The summed E-state index contributed by atoms with van der Waals surface area (Å²) in [7, 11) is 0. The van der Waals surface area contributed by atoms with Crippen LogP contribution in [-0.4, -0.2) is 49.3 Å². The number of benzene rings is 3. The molecule has 0 aliphatic carbocycles. The number of nitrogens with zero attached hydrogens (tertiary/aromatic N) is 1. The van der Waals surface area contributed by atoms with Gasteiger partial charge >= 0.3 is 0 Å². The van der Waals surface area contributed by atoms with E-state index in [0.29, 0.717) is 33.9 Å². The molecule has 41 heavy (non-hydrogen) atoms. The minimum Gasteiger partial charge on any atom is -0.488 e. The molecule has 1 aromatic heterocycles. The molecule has 6 rings (SSSR count). The van der Waals surface area contributed by atoms with Crippen LogP contribution in [0.5, 0.6) is 11.5 Å². The van der Waals surface area contributed by atoms with Crippen LogP contribution in [0.3, 0.4) is 0 Å². The molecule has 0 spiro atoms. The highest BCUT2D eigenvalue weighted by molar-refractivity contribution is 6.05. The number of nitrogens with one attached hydrogen (secondary N) is 3. The van der Waals surface area contributed by atoms with E-state index in [1.54, 1.807) is 42.5 Å². The first-order valence-electron chi connectivity index (χ1n) is 13.7. The zero-order chi connectivity index (χ0) is 28.2. The Hall–Kier alpha value is -4.34. The van der Waals surface area contributed by atoms with Crippen molar-refractivity contribution in [1.29, 1.82) is 0 Å². The van der Waals surface area contributed by atoms with Gasteiger partial charge in [0.1, 0.15) is 29.5 Å². The summed E-state index contributed by atoms with van der Waals surface area (Å²) >= 11 is 0. The van der Waals surface area contributed by atoms with Crippen LogP contribution in [0, 0.1) is 11.8 Å². The van der Waals surface area contributed by atoms with Crippen molar-refractivity contribution in [3.05, 3.63) is 96.3 Å². The minimum absolute atomic E-state index is 0.00691. The molecular formula is C32H30F2N4O3. The van der Waals surface area contributed by atoms with E-state index in [0.717, 1.165) is 50.1 Å². The van der Waals surface area contributed by atoms with Crippen LogP contribution < -0.4 is 25.4 Å². The van der Waals surface area contributed by atoms with E-state index in [9.17, 15) is 13.6 Å². The maximum atomic E-state index is 13.7. The smallest absolute Gasteiger partial charge is 0.255 e. The van der Waals surface area contributed by atoms with E-state index in [1.807, 2.05) is 12.1 Å². The van der Waals surface area contributed by atoms with Gasteiger partial charge in [0.05, 0.1) is 0 Å². The Balaban J connectivity index is 1.29. The van der Waals surface area contributed by atoms with Crippen molar-refractivity contribution in [2.24, 2.45) is 0 Å². The van der Waals surface area contributed by atoms with Crippen molar-refractivity contribution in [2.75, 3.05) is 31.5 Å². The minimum atomic E-state index is -0.585. The molecule has 2 aliphatic rings.